The summed E-state index contributed by atoms with van der Waals surface area (Å²) in [7, 11) is 3.23. The number of allylic oxidation sites excluding steroid dienone is 1. The van der Waals surface area contributed by atoms with Crippen molar-refractivity contribution in [1.29, 1.82) is 0 Å². The molecule has 1 aliphatic rings. The first kappa shape index (κ1) is 29.7. The molecule has 7 nitrogen and oxygen atoms in total. The summed E-state index contributed by atoms with van der Waals surface area (Å²) in [5, 5.41) is 10.9. The van der Waals surface area contributed by atoms with Crippen LogP contribution >= 0.6 is 11.8 Å². The quantitative estimate of drug-likeness (QED) is 0.275. The lowest BCUT2D eigenvalue weighted by Gasteiger charge is -2.28. The van der Waals surface area contributed by atoms with Crippen molar-refractivity contribution in [2.45, 2.75) is 64.0 Å². The molecule has 0 aromatic heterocycles. The zero-order valence-electron chi connectivity index (χ0n) is 22.5. The second kappa shape index (κ2) is 15.0. The van der Waals surface area contributed by atoms with E-state index in [1.54, 1.807) is 19.1 Å². The van der Waals surface area contributed by atoms with Gasteiger partial charge in [0, 0.05) is 25.1 Å². The number of methoxy groups -OCH3 is 2. The van der Waals surface area contributed by atoms with Gasteiger partial charge in [0.05, 0.1) is 39.1 Å². The number of aliphatic hydroxyl groups is 1. The molecular formula is C30H39NO6S. The molecule has 0 radical (unpaired) electrons. The molecule has 1 amide bonds. The summed E-state index contributed by atoms with van der Waals surface area (Å²) in [5.74, 6) is 2.22. The molecule has 206 valence electrons. The van der Waals surface area contributed by atoms with E-state index in [2.05, 4.69) is 13.5 Å². The second-order valence-corrected chi connectivity index (χ2v) is 10.7. The molecular weight excluding hydrogens is 502 g/mol. The van der Waals surface area contributed by atoms with Crippen LogP contribution in [0.3, 0.4) is 0 Å². The average Bonchev–Trinajstić information content (AvgIpc) is 3.30. The number of nitrogens with zero attached hydrogens (tertiary/aromatic N) is 1. The van der Waals surface area contributed by atoms with E-state index in [0.717, 1.165) is 29.0 Å². The Morgan fingerprint density at radius 3 is 2.24 bits per heavy atom. The highest BCUT2D eigenvalue weighted by Gasteiger charge is 2.37. The molecule has 2 aromatic carbocycles. The fourth-order valence-corrected chi connectivity index (χ4v) is 5.43. The van der Waals surface area contributed by atoms with Gasteiger partial charge in [-0.1, -0.05) is 49.0 Å². The van der Waals surface area contributed by atoms with Crippen LogP contribution < -0.4 is 9.47 Å². The fourth-order valence-electron chi connectivity index (χ4n) is 4.35. The number of hydrogen-bond donors (Lipinski definition) is 1. The Balaban J connectivity index is 1.58. The second-order valence-electron chi connectivity index (χ2n) is 9.71. The van der Waals surface area contributed by atoms with E-state index in [1.165, 1.54) is 11.8 Å². The number of thioether (sulfide) groups is 1. The first-order valence-electron chi connectivity index (χ1n) is 13.0. The van der Waals surface area contributed by atoms with Crippen LogP contribution in [0.4, 0.5) is 4.79 Å². The monoisotopic (exact) mass is 541 g/mol. The van der Waals surface area contributed by atoms with Crippen molar-refractivity contribution < 1.29 is 28.9 Å². The van der Waals surface area contributed by atoms with Crippen LogP contribution in [-0.2, 0) is 22.7 Å². The Bertz CT molecular complexity index is 1040. The molecule has 0 aliphatic carbocycles. The molecule has 1 heterocycles. The molecule has 3 rings (SSSR count). The minimum absolute atomic E-state index is 0.0168. The number of Topliss-reactive ketones (excluding diaryl/α,β-unsaturated/α-hetero) is 1. The van der Waals surface area contributed by atoms with Crippen molar-refractivity contribution in [1.82, 2.24) is 4.90 Å². The van der Waals surface area contributed by atoms with Gasteiger partial charge in [-0.15, -0.1) is 6.58 Å². The Morgan fingerprint density at radius 2 is 1.66 bits per heavy atom. The van der Waals surface area contributed by atoms with E-state index in [9.17, 15) is 14.7 Å². The molecule has 1 N–H and O–H groups in total. The summed E-state index contributed by atoms with van der Waals surface area (Å²) in [4.78, 5) is 27.3. The number of carbonyl (C=O) groups excluding carboxylic acids is 2. The molecule has 2 aromatic rings. The van der Waals surface area contributed by atoms with Gasteiger partial charge in [-0.05, 0) is 54.2 Å². The maximum absolute atomic E-state index is 13.0. The summed E-state index contributed by atoms with van der Waals surface area (Å²) >= 11 is 1.18. The zero-order chi connectivity index (χ0) is 27.5. The van der Waals surface area contributed by atoms with Crippen LogP contribution in [0.25, 0.3) is 0 Å². The highest BCUT2D eigenvalue weighted by Crippen LogP contribution is 2.30. The molecule has 0 saturated carbocycles. The standard InChI is InChI=1S/C30H39NO6S/c1-5-21(2)6-11-27(37-19-23-9-14-26(36-4)15-10-23)16-24(32)17-29(33)28-20-38-30(34)31(28)18-22-7-12-25(35-3)13-8-22/h5,7-10,12-15,21,27-29,33H,1,6,11,16-20H2,2-4H3/t21-,27-,28+,29+/m1/s1. The Kier molecular flexibility index (Phi) is 11.7. The van der Waals surface area contributed by atoms with E-state index < -0.39 is 12.1 Å². The van der Waals surface area contributed by atoms with Crippen LogP contribution in [0.15, 0.2) is 61.2 Å². The lowest BCUT2D eigenvalue weighted by atomic mass is 9.97. The van der Waals surface area contributed by atoms with E-state index in [4.69, 9.17) is 14.2 Å². The molecule has 1 saturated heterocycles. The Hall–Kier alpha value is -2.81. The van der Waals surface area contributed by atoms with Gasteiger partial charge in [-0.2, -0.15) is 0 Å². The Morgan fingerprint density at radius 1 is 1.05 bits per heavy atom. The summed E-state index contributed by atoms with van der Waals surface area (Å²) in [6.45, 7) is 6.70. The summed E-state index contributed by atoms with van der Waals surface area (Å²) in [5.41, 5.74) is 1.93. The largest absolute Gasteiger partial charge is 0.497 e. The first-order chi connectivity index (χ1) is 18.3. The Labute approximate surface area is 230 Å². The van der Waals surface area contributed by atoms with E-state index in [-0.39, 0.29) is 30.0 Å². The summed E-state index contributed by atoms with van der Waals surface area (Å²) in [6.07, 6.45) is 2.46. The maximum Gasteiger partial charge on any atom is 0.282 e. The van der Waals surface area contributed by atoms with E-state index >= 15 is 0 Å². The van der Waals surface area contributed by atoms with Crippen molar-refractivity contribution in [2.24, 2.45) is 5.92 Å². The third-order valence-corrected chi connectivity index (χ3v) is 7.84. The maximum atomic E-state index is 13.0. The van der Waals surface area contributed by atoms with Gasteiger partial charge in [0.25, 0.3) is 5.24 Å². The number of carbonyl (C=O) groups is 2. The van der Waals surface area contributed by atoms with Crippen LogP contribution in [-0.4, -0.2) is 59.3 Å². The fraction of sp³-hybridized carbons (Fsp3) is 0.467. The van der Waals surface area contributed by atoms with Crippen molar-refractivity contribution in [3.63, 3.8) is 0 Å². The third kappa shape index (κ3) is 8.89. The smallest absolute Gasteiger partial charge is 0.282 e. The topological polar surface area (TPSA) is 85.3 Å². The lowest BCUT2D eigenvalue weighted by molar-refractivity contribution is -0.125. The van der Waals surface area contributed by atoms with Gasteiger partial charge in [0.15, 0.2) is 0 Å². The number of benzene rings is 2. The van der Waals surface area contributed by atoms with Crippen LogP contribution in [0.2, 0.25) is 0 Å². The third-order valence-electron chi connectivity index (χ3n) is 6.85. The van der Waals surface area contributed by atoms with Crippen LogP contribution in [0, 0.1) is 5.92 Å². The number of ether oxygens (including phenoxy) is 3. The normalized spacial score (nSPS) is 17.6. The number of ketones is 1. The molecule has 8 heteroatoms. The minimum atomic E-state index is -0.936. The molecule has 0 spiro atoms. The summed E-state index contributed by atoms with van der Waals surface area (Å²) in [6, 6.07) is 14.7. The molecule has 38 heavy (non-hydrogen) atoms. The zero-order valence-corrected chi connectivity index (χ0v) is 23.3. The minimum Gasteiger partial charge on any atom is -0.497 e. The summed E-state index contributed by atoms with van der Waals surface area (Å²) < 4.78 is 16.6. The average molecular weight is 542 g/mol. The molecule has 0 bridgehead atoms. The van der Waals surface area contributed by atoms with E-state index in [1.807, 2.05) is 54.6 Å². The predicted octanol–water partition coefficient (Wildman–Crippen LogP) is 5.64. The SMILES string of the molecule is C=C[C@@H](C)CC[C@H](CC(=O)C[C@H](O)[C@@H]1CSC(=O)N1Cc1ccc(OC)cc1)OCc1ccc(OC)cc1. The number of amides is 1. The molecule has 1 aliphatic heterocycles. The van der Waals surface area contributed by atoms with Gasteiger partial charge in [0.2, 0.25) is 0 Å². The molecule has 1 fully saturated rings. The lowest BCUT2D eigenvalue weighted by Crippen LogP contribution is -2.42. The molecule has 0 unspecified atom stereocenters. The number of aliphatic hydroxyl groups excluding tert-OH is 1. The van der Waals surface area contributed by atoms with Crippen molar-refractivity contribution in [3.05, 3.63) is 72.3 Å². The van der Waals surface area contributed by atoms with Gasteiger partial charge in [-0.25, -0.2) is 0 Å². The predicted molar refractivity (Wildman–Crippen MR) is 151 cm³/mol. The first-order valence-corrected chi connectivity index (χ1v) is 13.9. The highest BCUT2D eigenvalue weighted by molar-refractivity contribution is 8.13. The van der Waals surface area contributed by atoms with Crippen LogP contribution in [0.1, 0.15) is 43.7 Å². The van der Waals surface area contributed by atoms with Crippen molar-refractivity contribution in [3.8, 4) is 11.5 Å². The van der Waals surface area contributed by atoms with Crippen molar-refractivity contribution >= 4 is 22.8 Å². The molecule has 4 atom stereocenters. The number of hydrogen-bond acceptors (Lipinski definition) is 7. The van der Waals surface area contributed by atoms with Gasteiger partial charge in [-0.3, -0.25) is 9.59 Å². The van der Waals surface area contributed by atoms with Gasteiger partial charge >= 0.3 is 0 Å². The van der Waals surface area contributed by atoms with Crippen molar-refractivity contribution in [2.75, 3.05) is 20.0 Å². The van der Waals surface area contributed by atoms with E-state index in [0.29, 0.717) is 31.2 Å². The van der Waals surface area contributed by atoms with Gasteiger partial charge in [0.1, 0.15) is 17.3 Å². The highest BCUT2D eigenvalue weighted by atomic mass is 32.2. The van der Waals surface area contributed by atoms with Crippen LogP contribution in [0.5, 0.6) is 11.5 Å². The van der Waals surface area contributed by atoms with Gasteiger partial charge < -0.3 is 24.2 Å². The number of rotatable bonds is 16.